The van der Waals surface area contributed by atoms with Crippen molar-refractivity contribution in [3.8, 4) is 0 Å². The monoisotopic (exact) mass is 300 g/mol. The fourth-order valence-electron chi connectivity index (χ4n) is 2.12. The van der Waals surface area contributed by atoms with Gasteiger partial charge in [-0.1, -0.05) is 12.1 Å². The number of thiophene rings is 1. The highest BCUT2D eigenvalue weighted by molar-refractivity contribution is 7.17. The van der Waals surface area contributed by atoms with E-state index >= 15 is 0 Å². The van der Waals surface area contributed by atoms with E-state index in [9.17, 15) is 10.1 Å². The van der Waals surface area contributed by atoms with Crippen molar-refractivity contribution in [2.75, 3.05) is 5.32 Å². The van der Waals surface area contributed by atoms with E-state index in [2.05, 4.69) is 15.3 Å². The van der Waals surface area contributed by atoms with Crippen LogP contribution in [-0.4, -0.2) is 14.9 Å². The molecule has 1 N–H and O–H groups in total. The minimum atomic E-state index is -0.393. The molecule has 0 aliphatic rings. The fourth-order valence-corrected chi connectivity index (χ4v) is 3.01. The molecule has 0 unspecified atom stereocenters. The van der Waals surface area contributed by atoms with Crippen molar-refractivity contribution in [1.29, 1.82) is 0 Å². The molecule has 2 aromatic heterocycles. The number of hydrogen-bond donors (Lipinski definition) is 1. The molecule has 0 atom stereocenters. The molecule has 0 saturated heterocycles. The molecule has 1 aromatic carbocycles. The van der Waals surface area contributed by atoms with Crippen molar-refractivity contribution < 1.29 is 4.92 Å². The van der Waals surface area contributed by atoms with E-state index in [0.717, 1.165) is 27.2 Å². The number of aromatic nitrogens is 2. The number of nitro groups is 1. The molecule has 0 radical (unpaired) electrons. The second-order valence-electron chi connectivity index (χ2n) is 4.60. The molecule has 7 heteroatoms. The third kappa shape index (κ3) is 2.68. The third-order valence-electron chi connectivity index (χ3n) is 3.14. The maximum Gasteiger partial charge on any atom is 0.269 e. The summed E-state index contributed by atoms with van der Waals surface area (Å²) in [5.74, 6) is 0.755. The van der Waals surface area contributed by atoms with E-state index in [1.54, 1.807) is 23.5 Å². The van der Waals surface area contributed by atoms with Gasteiger partial charge in [0.1, 0.15) is 17.0 Å². The highest BCUT2D eigenvalue weighted by Crippen LogP contribution is 2.28. The van der Waals surface area contributed by atoms with Gasteiger partial charge in [0.05, 0.1) is 10.3 Å². The molecule has 0 aliphatic heterocycles. The van der Waals surface area contributed by atoms with Crippen LogP contribution in [0.3, 0.4) is 0 Å². The van der Waals surface area contributed by atoms with E-state index in [1.165, 1.54) is 12.4 Å². The SMILES string of the molecule is Cc1csc2ncnc(NCc3cccc([N+](=O)[O-])c3)c12. The van der Waals surface area contributed by atoms with Crippen molar-refractivity contribution >= 4 is 33.1 Å². The normalized spacial score (nSPS) is 10.7. The van der Waals surface area contributed by atoms with Crippen LogP contribution in [-0.2, 0) is 6.54 Å². The second-order valence-corrected chi connectivity index (χ2v) is 5.46. The molecular formula is C14H12N4O2S. The molecular weight excluding hydrogens is 288 g/mol. The number of hydrogen-bond acceptors (Lipinski definition) is 6. The van der Waals surface area contributed by atoms with Crippen molar-refractivity contribution in [3.05, 3.63) is 57.2 Å². The number of nitrogens with zero attached hydrogens (tertiary/aromatic N) is 3. The largest absolute Gasteiger partial charge is 0.365 e. The first-order chi connectivity index (χ1) is 10.1. The van der Waals surface area contributed by atoms with Crippen molar-refractivity contribution in [2.24, 2.45) is 0 Å². The molecule has 3 rings (SSSR count). The number of rotatable bonds is 4. The van der Waals surface area contributed by atoms with E-state index in [4.69, 9.17) is 0 Å². The first kappa shape index (κ1) is 13.4. The molecule has 0 bridgehead atoms. The first-order valence-electron chi connectivity index (χ1n) is 6.31. The molecule has 0 aliphatic carbocycles. The van der Waals surface area contributed by atoms with E-state index in [-0.39, 0.29) is 5.69 Å². The van der Waals surface area contributed by atoms with Gasteiger partial charge in [-0.3, -0.25) is 10.1 Å². The Morgan fingerprint density at radius 1 is 1.38 bits per heavy atom. The molecule has 3 aromatic rings. The maximum absolute atomic E-state index is 10.8. The van der Waals surface area contributed by atoms with Crippen LogP contribution in [0.1, 0.15) is 11.1 Å². The molecule has 0 fully saturated rings. The molecule has 106 valence electrons. The first-order valence-corrected chi connectivity index (χ1v) is 7.19. The topological polar surface area (TPSA) is 81.0 Å². The Morgan fingerprint density at radius 2 is 2.24 bits per heavy atom. The van der Waals surface area contributed by atoms with Crippen LogP contribution in [0.2, 0.25) is 0 Å². The minimum absolute atomic E-state index is 0.0915. The summed E-state index contributed by atoms with van der Waals surface area (Å²) in [5, 5.41) is 17.1. The number of nitrogens with one attached hydrogen (secondary N) is 1. The summed E-state index contributed by atoms with van der Waals surface area (Å²) in [5.41, 5.74) is 2.05. The zero-order valence-electron chi connectivity index (χ0n) is 11.2. The van der Waals surface area contributed by atoms with E-state index in [0.29, 0.717) is 6.54 Å². The quantitative estimate of drug-likeness (QED) is 0.589. The Balaban J connectivity index is 1.85. The van der Waals surface area contributed by atoms with Gasteiger partial charge in [0.15, 0.2) is 0 Å². The number of fused-ring (bicyclic) bond motifs is 1. The number of nitro benzene ring substituents is 1. The van der Waals surface area contributed by atoms with Gasteiger partial charge >= 0.3 is 0 Å². The zero-order chi connectivity index (χ0) is 14.8. The summed E-state index contributed by atoms with van der Waals surface area (Å²) in [4.78, 5) is 19.8. The highest BCUT2D eigenvalue weighted by Gasteiger charge is 2.09. The van der Waals surface area contributed by atoms with Gasteiger partial charge in [0.2, 0.25) is 0 Å². The number of aryl methyl sites for hydroxylation is 1. The lowest BCUT2D eigenvalue weighted by molar-refractivity contribution is -0.384. The lowest BCUT2D eigenvalue weighted by Crippen LogP contribution is -2.02. The smallest absolute Gasteiger partial charge is 0.269 e. The summed E-state index contributed by atoms with van der Waals surface area (Å²) in [6.07, 6.45) is 1.52. The van der Waals surface area contributed by atoms with Gasteiger partial charge in [-0.15, -0.1) is 11.3 Å². The van der Waals surface area contributed by atoms with Gasteiger partial charge in [-0.05, 0) is 23.4 Å². The summed E-state index contributed by atoms with van der Waals surface area (Å²) in [6, 6.07) is 6.57. The summed E-state index contributed by atoms with van der Waals surface area (Å²) < 4.78 is 0. The van der Waals surface area contributed by atoms with Gasteiger partial charge < -0.3 is 5.32 Å². The fraction of sp³-hybridized carbons (Fsp3) is 0.143. The number of anilines is 1. The van der Waals surface area contributed by atoms with Gasteiger partial charge in [0, 0.05) is 18.7 Å². The van der Waals surface area contributed by atoms with E-state index in [1.807, 2.05) is 18.4 Å². The van der Waals surface area contributed by atoms with Crippen molar-refractivity contribution in [1.82, 2.24) is 9.97 Å². The minimum Gasteiger partial charge on any atom is -0.365 e. The Hall–Kier alpha value is -2.54. The Labute approximate surface area is 124 Å². The van der Waals surface area contributed by atoms with Crippen LogP contribution in [0, 0.1) is 17.0 Å². The molecule has 6 nitrogen and oxygen atoms in total. The van der Waals surface area contributed by atoms with Crippen LogP contribution in [0.4, 0.5) is 11.5 Å². The van der Waals surface area contributed by atoms with E-state index < -0.39 is 4.92 Å². The molecule has 2 heterocycles. The van der Waals surface area contributed by atoms with Crippen LogP contribution in [0.15, 0.2) is 36.0 Å². The van der Waals surface area contributed by atoms with Crippen molar-refractivity contribution in [3.63, 3.8) is 0 Å². The average molecular weight is 300 g/mol. The highest BCUT2D eigenvalue weighted by atomic mass is 32.1. The summed E-state index contributed by atoms with van der Waals surface area (Å²) in [6.45, 7) is 2.49. The van der Waals surface area contributed by atoms with Crippen LogP contribution >= 0.6 is 11.3 Å². The molecule has 0 spiro atoms. The van der Waals surface area contributed by atoms with Gasteiger partial charge in [0.25, 0.3) is 5.69 Å². The molecule has 0 amide bonds. The lowest BCUT2D eigenvalue weighted by Gasteiger charge is -2.07. The van der Waals surface area contributed by atoms with Gasteiger partial charge in [-0.25, -0.2) is 9.97 Å². The predicted molar refractivity (Wildman–Crippen MR) is 82.6 cm³/mol. The molecule has 21 heavy (non-hydrogen) atoms. The lowest BCUT2D eigenvalue weighted by atomic mass is 10.2. The molecule has 0 saturated carbocycles. The van der Waals surface area contributed by atoms with Crippen LogP contribution in [0.25, 0.3) is 10.2 Å². The average Bonchev–Trinajstić information content (AvgIpc) is 2.88. The Morgan fingerprint density at radius 3 is 3.05 bits per heavy atom. The Bertz CT molecular complexity index is 816. The van der Waals surface area contributed by atoms with Crippen LogP contribution in [0.5, 0.6) is 0 Å². The maximum atomic E-state index is 10.8. The number of non-ortho nitro benzene ring substituents is 1. The van der Waals surface area contributed by atoms with Gasteiger partial charge in [-0.2, -0.15) is 0 Å². The summed E-state index contributed by atoms with van der Waals surface area (Å²) in [7, 11) is 0. The third-order valence-corrected chi connectivity index (χ3v) is 4.14. The Kier molecular flexibility index (Phi) is 3.49. The standard InChI is InChI=1S/C14H12N4O2S/c1-9-7-21-14-12(9)13(16-8-17-14)15-6-10-3-2-4-11(5-10)18(19)20/h2-5,7-8H,6H2,1H3,(H,15,16,17). The van der Waals surface area contributed by atoms with Crippen LogP contribution < -0.4 is 5.32 Å². The second kappa shape index (κ2) is 5.45. The predicted octanol–water partition coefficient (Wildman–Crippen LogP) is 3.52. The zero-order valence-corrected chi connectivity index (χ0v) is 12.1. The number of benzene rings is 1. The summed E-state index contributed by atoms with van der Waals surface area (Å²) >= 11 is 1.58. The van der Waals surface area contributed by atoms with Crippen molar-refractivity contribution in [2.45, 2.75) is 13.5 Å².